The summed E-state index contributed by atoms with van der Waals surface area (Å²) in [6.45, 7) is 18.8. The maximum atomic E-state index is 12.0. The van der Waals surface area contributed by atoms with Gasteiger partial charge in [-0.05, 0) is 102 Å². The summed E-state index contributed by atoms with van der Waals surface area (Å²) in [5, 5.41) is 0. The molecule has 1 atom stereocenters. The minimum Gasteiger partial charge on any atom is -0.480 e. The van der Waals surface area contributed by atoms with Crippen molar-refractivity contribution in [3.63, 3.8) is 0 Å². The Hall–Kier alpha value is -3.19. The summed E-state index contributed by atoms with van der Waals surface area (Å²) in [4.78, 5) is 30.7. The van der Waals surface area contributed by atoms with Crippen molar-refractivity contribution in [3.8, 4) is 5.75 Å². The zero-order valence-electron chi connectivity index (χ0n) is 23.9. The van der Waals surface area contributed by atoms with Gasteiger partial charge in [0.05, 0.1) is 19.2 Å². The Balaban J connectivity index is 2.27. The molecule has 202 valence electrons. The van der Waals surface area contributed by atoms with E-state index in [2.05, 4.69) is 26.0 Å². The van der Waals surface area contributed by atoms with Gasteiger partial charge in [0.15, 0.2) is 11.4 Å². The number of aryl methyl sites for hydroxylation is 4. The van der Waals surface area contributed by atoms with Crippen LogP contribution in [-0.2, 0) is 20.9 Å². The number of carbonyl (C=O) groups is 2. The summed E-state index contributed by atoms with van der Waals surface area (Å²) >= 11 is 0. The van der Waals surface area contributed by atoms with Gasteiger partial charge >= 0.3 is 0 Å². The first-order valence-corrected chi connectivity index (χ1v) is 12.8. The lowest BCUT2D eigenvalue weighted by Crippen LogP contribution is -2.38. The summed E-state index contributed by atoms with van der Waals surface area (Å²) in [5.41, 5.74) is 10.9. The first-order chi connectivity index (χ1) is 17.2. The maximum absolute atomic E-state index is 12.0. The smallest absolute Gasteiger partial charge is 0.231 e. The van der Waals surface area contributed by atoms with E-state index in [1.807, 2.05) is 50.8 Å². The van der Waals surface area contributed by atoms with E-state index in [0.29, 0.717) is 31.3 Å². The lowest BCUT2D eigenvalue weighted by Gasteiger charge is -2.27. The van der Waals surface area contributed by atoms with Crippen LogP contribution >= 0.6 is 0 Å². The van der Waals surface area contributed by atoms with Gasteiger partial charge in [-0.1, -0.05) is 18.2 Å². The fraction of sp³-hybridized carbons (Fsp3) is 0.500. The third kappa shape index (κ3) is 8.71. The summed E-state index contributed by atoms with van der Waals surface area (Å²) in [7, 11) is 0. The molecule has 2 aromatic carbocycles. The van der Waals surface area contributed by atoms with Gasteiger partial charge in [0, 0.05) is 18.7 Å². The first kappa shape index (κ1) is 30.0. The second-order valence-electron chi connectivity index (χ2n) is 10.4. The van der Waals surface area contributed by atoms with E-state index in [1.54, 1.807) is 13.8 Å². The Morgan fingerprint density at radius 2 is 1.65 bits per heavy atom. The molecule has 37 heavy (non-hydrogen) atoms. The number of rotatable bonds is 12. The SMILES string of the molecule is CCOC(=NC(C)CN(CC(N)=O)Cc1cc(C)c(OC(C)(C)C(C)=O)c(C)c1)c1ccc(C)c(C)c1. The summed E-state index contributed by atoms with van der Waals surface area (Å²) in [6, 6.07) is 10.1. The lowest BCUT2D eigenvalue weighted by atomic mass is 10.0. The molecule has 0 aliphatic heterocycles. The van der Waals surface area contributed by atoms with Crippen LogP contribution in [0, 0.1) is 27.7 Å². The topological polar surface area (TPSA) is 94.2 Å². The average molecular weight is 510 g/mol. The van der Waals surface area contributed by atoms with E-state index in [-0.39, 0.29) is 18.4 Å². The van der Waals surface area contributed by atoms with Crippen molar-refractivity contribution in [3.05, 3.63) is 63.7 Å². The number of hydrogen-bond acceptors (Lipinski definition) is 6. The molecule has 7 heteroatoms. The third-order valence-corrected chi connectivity index (χ3v) is 6.41. The normalized spacial score (nSPS) is 13.0. The Bertz CT molecular complexity index is 1130. The molecular formula is C30H43N3O4. The molecule has 0 heterocycles. The Labute approximate surface area is 222 Å². The van der Waals surface area contributed by atoms with Gasteiger partial charge in [-0.2, -0.15) is 0 Å². The minimum atomic E-state index is -0.906. The molecule has 2 rings (SSSR count). The highest BCUT2D eigenvalue weighted by Gasteiger charge is 2.27. The largest absolute Gasteiger partial charge is 0.480 e. The number of amides is 1. The molecular weight excluding hydrogens is 466 g/mol. The number of ether oxygens (including phenoxy) is 2. The van der Waals surface area contributed by atoms with Crippen LogP contribution in [0.2, 0.25) is 0 Å². The van der Waals surface area contributed by atoms with Crippen LogP contribution in [0.25, 0.3) is 0 Å². The highest BCUT2D eigenvalue weighted by Crippen LogP contribution is 2.29. The van der Waals surface area contributed by atoms with Crippen LogP contribution in [0.5, 0.6) is 5.75 Å². The quantitative estimate of drug-likeness (QED) is 0.327. The minimum absolute atomic E-state index is 0.0372. The van der Waals surface area contributed by atoms with Crippen molar-refractivity contribution in [2.24, 2.45) is 10.7 Å². The van der Waals surface area contributed by atoms with E-state index < -0.39 is 11.5 Å². The van der Waals surface area contributed by atoms with Crippen LogP contribution in [0.4, 0.5) is 0 Å². The van der Waals surface area contributed by atoms with Gasteiger partial charge in [0.1, 0.15) is 5.75 Å². The average Bonchev–Trinajstić information content (AvgIpc) is 2.77. The number of aliphatic imine (C=N–C) groups is 1. The van der Waals surface area contributed by atoms with Gasteiger partial charge in [-0.15, -0.1) is 0 Å². The fourth-order valence-corrected chi connectivity index (χ4v) is 4.10. The third-order valence-electron chi connectivity index (χ3n) is 6.41. The molecule has 0 saturated carbocycles. The van der Waals surface area contributed by atoms with Crippen LogP contribution in [0.3, 0.4) is 0 Å². The molecule has 0 fully saturated rings. The summed E-state index contributed by atoms with van der Waals surface area (Å²) in [5.74, 6) is 0.869. The van der Waals surface area contributed by atoms with Crippen molar-refractivity contribution in [1.29, 1.82) is 0 Å². The molecule has 0 aliphatic carbocycles. The van der Waals surface area contributed by atoms with Crippen molar-refractivity contribution < 1.29 is 19.1 Å². The first-order valence-electron chi connectivity index (χ1n) is 12.8. The van der Waals surface area contributed by atoms with E-state index in [0.717, 1.165) is 22.3 Å². The second-order valence-corrected chi connectivity index (χ2v) is 10.4. The number of hydrogen-bond donors (Lipinski definition) is 1. The van der Waals surface area contributed by atoms with Crippen LogP contribution in [0.15, 0.2) is 35.3 Å². The van der Waals surface area contributed by atoms with Crippen molar-refractivity contribution in [2.45, 2.75) is 80.5 Å². The number of benzene rings is 2. The van der Waals surface area contributed by atoms with Crippen LogP contribution < -0.4 is 10.5 Å². The molecule has 0 bridgehead atoms. The lowest BCUT2D eigenvalue weighted by molar-refractivity contribution is -0.129. The number of nitrogens with two attached hydrogens (primary N) is 1. The molecule has 1 amide bonds. The van der Waals surface area contributed by atoms with E-state index in [4.69, 9.17) is 20.2 Å². The summed E-state index contributed by atoms with van der Waals surface area (Å²) in [6.07, 6.45) is 0. The van der Waals surface area contributed by atoms with Gasteiger partial charge in [-0.25, -0.2) is 4.99 Å². The number of primary amides is 1. The Morgan fingerprint density at radius 3 is 2.16 bits per heavy atom. The van der Waals surface area contributed by atoms with Crippen LogP contribution in [-0.4, -0.2) is 53.8 Å². The molecule has 1 unspecified atom stereocenters. The van der Waals surface area contributed by atoms with Gasteiger partial charge < -0.3 is 15.2 Å². The molecule has 0 radical (unpaired) electrons. The van der Waals surface area contributed by atoms with E-state index in [9.17, 15) is 9.59 Å². The van der Waals surface area contributed by atoms with E-state index in [1.165, 1.54) is 18.1 Å². The van der Waals surface area contributed by atoms with E-state index >= 15 is 0 Å². The highest BCUT2D eigenvalue weighted by molar-refractivity contribution is 5.94. The number of carbonyl (C=O) groups excluding carboxylic acids is 2. The van der Waals surface area contributed by atoms with Gasteiger partial charge in [-0.3, -0.25) is 14.5 Å². The molecule has 0 spiro atoms. The molecule has 0 saturated heterocycles. The standard InChI is InChI=1S/C30H43N3O4/c1-10-36-29(26-12-11-19(2)20(3)15-26)32-23(6)16-33(18-27(31)35)17-25-13-21(4)28(22(5)14-25)37-30(8,9)24(7)34/h11-15,23H,10,16-18H2,1-9H3,(H2,31,35). The predicted octanol–water partition coefficient (Wildman–Crippen LogP) is 4.83. The Kier molecular flexibility index (Phi) is 10.4. The zero-order chi connectivity index (χ0) is 27.9. The maximum Gasteiger partial charge on any atom is 0.231 e. The Morgan fingerprint density at radius 1 is 1.03 bits per heavy atom. The number of nitrogens with zero attached hydrogens (tertiary/aromatic N) is 2. The van der Waals surface area contributed by atoms with Gasteiger partial charge in [0.2, 0.25) is 11.8 Å². The second kappa shape index (κ2) is 12.9. The van der Waals surface area contributed by atoms with Crippen molar-refractivity contribution >= 4 is 17.6 Å². The summed E-state index contributed by atoms with van der Waals surface area (Å²) < 4.78 is 11.9. The predicted molar refractivity (Wildman–Crippen MR) is 149 cm³/mol. The van der Waals surface area contributed by atoms with Crippen molar-refractivity contribution in [2.75, 3.05) is 19.7 Å². The molecule has 2 aromatic rings. The molecule has 7 nitrogen and oxygen atoms in total. The zero-order valence-corrected chi connectivity index (χ0v) is 23.9. The monoisotopic (exact) mass is 509 g/mol. The van der Waals surface area contributed by atoms with Crippen LogP contribution in [0.1, 0.15) is 68.0 Å². The fourth-order valence-electron chi connectivity index (χ4n) is 4.10. The highest BCUT2D eigenvalue weighted by atomic mass is 16.5. The molecule has 2 N–H and O–H groups in total. The van der Waals surface area contributed by atoms with Crippen molar-refractivity contribution in [1.82, 2.24) is 4.90 Å². The molecule has 0 aliphatic rings. The molecule has 0 aromatic heterocycles. The van der Waals surface area contributed by atoms with Gasteiger partial charge in [0.25, 0.3) is 0 Å². The number of Topliss-reactive ketones (excluding diaryl/α,β-unsaturated/α-hetero) is 1. The number of ketones is 1.